The lowest BCUT2D eigenvalue weighted by Crippen LogP contribution is -2.23. The van der Waals surface area contributed by atoms with Gasteiger partial charge in [0.05, 0.1) is 23.1 Å². The van der Waals surface area contributed by atoms with Crippen LogP contribution < -0.4 is 10.6 Å². The van der Waals surface area contributed by atoms with Gasteiger partial charge in [-0.3, -0.25) is 9.78 Å². The molecule has 0 aliphatic heterocycles. The van der Waals surface area contributed by atoms with Crippen LogP contribution in [0.25, 0.3) is 5.69 Å². The SMILES string of the molecule is CNc1cnccc1C(=O)NCc1ccc(-n2cncn2)cc1. The van der Waals surface area contributed by atoms with Gasteiger partial charge < -0.3 is 10.6 Å². The Morgan fingerprint density at radius 2 is 2.00 bits per heavy atom. The number of rotatable bonds is 5. The molecule has 0 unspecified atom stereocenters. The van der Waals surface area contributed by atoms with Gasteiger partial charge in [0.25, 0.3) is 5.91 Å². The molecular formula is C16H16N6O. The van der Waals surface area contributed by atoms with Crippen LogP contribution in [0.4, 0.5) is 5.69 Å². The molecule has 0 atom stereocenters. The zero-order valence-electron chi connectivity index (χ0n) is 12.6. The first-order valence-corrected chi connectivity index (χ1v) is 7.12. The Kier molecular flexibility index (Phi) is 4.28. The molecule has 0 fully saturated rings. The number of nitrogens with zero attached hydrogens (tertiary/aromatic N) is 4. The maximum absolute atomic E-state index is 12.3. The van der Waals surface area contributed by atoms with Crippen molar-refractivity contribution >= 4 is 11.6 Å². The zero-order valence-corrected chi connectivity index (χ0v) is 12.6. The van der Waals surface area contributed by atoms with E-state index in [1.165, 1.54) is 6.33 Å². The van der Waals surface area contributed by atoms with E-state index in [9.17, 15) is 4.79 Å². The van der Waals surface area contributed by atoms with E-state index in [2.05, 4.69) is 25.7 Å². The van der Waals surface area contributed by atoms with Crippen LogP contribution in [0.5, 0.6) is 0 Å². The Morgan fingerprint density at radius 1 is 1.17 bits per heavy atom. The van der Waals surface area contributed by atoms with E-state index in [1.54, 1.807) is 36.5 Å². The summed E-state index contributed by atoms with van der Waals surface area (Å²) in [5, 5.41) is 9.93. The molecule has 3 aromatic rings. The van der Waals surface area contributed by atoms with Crippen molar-refractivity contribution in [3.63, 3.8) is 0 Å². The van der Waals surface area contributed by atoms with Crippen molar-refractivity contribution in [1.82, 2.24) is 25.1 Å². The van der Waals surface area contributed by atoms with Crippen molar-refractivity contribution in [2.24, 2.45) is 0 Å². The van der Waals surface area contributed by atoms with Gasteiger partial charge in [0.2, 0.25) is 0 Å². The average molecular weight is 308 g/mol. The first kappa shape index (κ1) is 14.7. The fourth-order valence-corrected chi connectivity index (χ4v) is 2.18. The van der Waals surface area contributed by atoms with Crippen LogP contribution >= 0.6 is 0 Å². The summed E-state index contributed by atoms with van der Waals surface area (Å²) in [5.74, 6) is -0.142. The van der Waals surface area contributed by atoms with Gasteiger partial charge in [-0.1, -0.05) is 12.1 Å². The van der Waals surface area contributed by atoms with Gasteiger partial charge in [-0.05, 0) is 23.8 Å². The molecule has 2 N–H and O–H groups in total. The van der Waals surface area contributed by atoms with Gasteiger partial charge in [-0.2, -0.15) is 5.10 Å². The summed E-state index contributed by atoms with van der Waals surface area (Å²) in [6, 6.07) is 9.45. The zero-order chi connectivity index (χ0) is 16.1. The van der Waals surface area contributed by atoms with E-state index in [4.69, 9.17) is 0 Å². The van der Waals surface area contributed by atoms with Crippen LogP contribution in [0.15, 0.2) is 55.4 Å². The molecule has 23 heavy (non-hydrogen) atoms. The van der Waals surface area contributed by atoms with Gasteiger partial charge in [0.1, 0.15) is 12.7 Å². The van der Waals surface area contributed by atoms with Crippen LogP contribution in [0, 0.1) is 0 Å². The van der Waals surface area contributed by atoms with Crippen LogP contribution in [0.2, 0.25) is 0 Å². The molecular weight excluding hydrogens is 292 g/mol. The van der Waals surface area contributed by atoms with Crippen LogP contribution in [-0.2, 0) is 6.54 Å². The second-order valence-corrected chi connectivity index (χ2v) is 4.86. The van der Waals surface area contributed by atoms with Gasteiger partial charge in [-0.25, -0.2) is 9.67 Å². The minimum absolute atomic E-state index is 0.142. The number of pyridine rings is 1. The summed E-state index contributed by atoms with van der Waals surface area (Å²) in [6.07, 6.45) is 6.35. The Balaban J connectivity index is 1.65. The number of aromatic nitrogens is 4. The molecule has 0 bridgehead atoms. The molecule has 2 aromatic heterocycles. The number of carbonyl (C=O) groups is 1. The van der Waals surface area contributed by atoms with Gasteiger partial charge in [-0.15, -0.1) is 0 Å². The normalized spacial score (nSPS) is 10.3. The van der Waals surface area contributed by atoms with E-state index in [0.29, 0.717) is 17.8 Å². The summed E-state index contributed by atoms with van der Waals surface area (Å²) in [4.78, 5) is 20.2. The molecule has 1 amide bonds. The third-order valence-electron chi connectivity index (χ3n) is 3.41. The maximum Gasteiger partial charge on any atom is 0.253 e. The Morgan fingerprint density at radius 3 is 2.70 bits per heavy atom. The molecule has 0 spiro atoms. The molecule has 1 aromatic carbocycles. The van der Waals surface area contributed by atoms with E-state index in [1.807, 2.05) is 24.3 Å². The molecule has 0 saturated heterocycles. The molecule has 2 heterocycles. The van der Waals surface area contributed by atoms with E-state index >= 15 is 0 Å². The number of anilines is 1. The quantitative estimate of drug-likeness (QED) is 0.748. The molecule has 3 rings (SSSR count). The number of hydrogen-bond donors (Lipinski definition) is 2. The summed E-state index contributed by atoms with van der Waals surface area (Å²) in [7, 11) is 1.76. The molecule has 7 nitrogen and oxygen atoms in total. The fraction of sp³-hybridized carbons (Fsp3) is 0.125. The predicted molar refractivity (Wildman–Crippen MR) is 86.3 cm³/mol. The molecule has 0 saturated carbocycles. The Labute approximate surface area is 133 Å². The summed E-state index contributed by atoms with van der Waals surface area (Å²) >= 11 is 0. The van der Waals surface area contributed by atoms with Crippen molar-refractivity contribution in [2.75, 3.05) is 12.4 Å². The largest absolute Gasteiger partial charge is 0.386 e. The predicted octanol–water partition coefficient (Wildman–Crippen LogP) is 1.63. The molecule has 7 heteroatoms. The van der Waals surface area contributed by atoms with Crippen molar-refractivity contribution in [3.05, 3.63) is 66.5 Å². The molecule has 0 radical (unpaired) electrons. The number of hydrogen-bond acceptors (Lipinski definition) is 5. The lowest BCUT2D eigenvalue weighted by Gasteiger charge is -2.09. The lowest BCUT2D eigenvalue weighted by atomic mass is 10.2. The topological polar surface area (TPSA) is 84.7 Å². The van der Waals surface area contributed by atoms with Crippen molar-refractivity contribution in [1.29, 1.82) is 0 Å². The Bertz CT molecular complexity index is 783. The second-order valence-electron chi connectivity index (χ2n) is 4.86. The number of amides is 1. The maximum atomic E-state index is 12.3. The van der Waals surface area contributed by atoms with Gasteiger partial charge in [0.15, 0.2) is 0 Å². The highest BCUT2D eigenvalue weighted by molar-refractivity contribution is 5.99. The van der Waals surface area contributed by atoms with Crippen molar-refractivity contribution < 1.29 is 4.79 Å². The monoisotopic (exact) mass is 308 g/mol. The number of nitrogens with one attached hydrogen (secondary N) is 2. The van der Waals surface area contributed by atoms with Crippen molar-refractivity contribution in [3.8, 4) is 5.69 Å². The fourth-order valence-electron chi connectivity index (χ4n) is 2.18. The van der Waals surface area contributed by atoms with Gasteiger partial charge in [0, 0.05) is 19.8 Å². The summed E-state index contributed by atoms with van der Waals surface area (Å²) in [6.45, 7) is 0.446. The summed E-state index contributed by atoms with van der Waals surface area (Å²) < 4.78 is 1.68. The summed E-state index contributed by atoms with van der Waals surface area (Å²) in [5.41, 5.74) is 3.19. The van der Waals surface area contributed by atoms with Crippen LogP contribution in [-0.4, -0.2) is 32.7 Å². The minimum Gasteiger partial charge on any atom is -0.386 e. The van der Waals surface area contributed by atoms with E-state index in [0.717, 1.165) is 11.3 Å². The minimum atomic E-state index is -0.142. The van der Waals surface area contributed by atoms with E-state index < -0.39 is 0 Å². The smallest absolute Gasteiger partial charge is 0.253 e. The van der Waals surface area contributed by atoms with Crippen molar-refractivity contribution in [2.45, 2.75) is 6.54 Å². The highest BCUT2D eigenvalue weighted by atomic mass is 16.1. The lowest BCUT2D eigenvalue weighted by molar-refractivity contribution is 0.0951. The first-order chi connectivity index (χ1) is 11.3. The second kappa shape index (κ2) is 6.69. The van der Waals surface area contributed by atoms with Gasteiger partial charge >= 0.3 is 0 Å². The Hall–Kier alpha value is -3.22. The molecule has 116 valence electrons. The van der Waals surface area contributed by atoms with Crippen LogP contribution in [0.3, 0.4) is 0 Å². The first-order valence-electron chi connectivity index (χ1n) is 7.12. The molecule has 0 aliphatic carbocycles. The third-order valence-corrected chi connectivity index (χ3v) is 3.41. The molecule has 0 aliphatic rings. The van der Waals surface area contributed by atoms with E-state index in [-0.39, 0.29) is 5.91 Å². The van der Waals surface area contributed by atoms with Crippen LogP contribution in [0.1, 0.15) is 15.9 Å². The standard InChI is InChI=1S/C16H16N6O/c1-17-15-9-18-7-6-14(15)16(23)20-8-12-2-4-13(5-3-12)22-11-19-10-21-22/h2-7,9-11,17H,8H2,1H3,(H,20,23). The highest BCUT2D eigenvalue weighted by Crippen LogP contribution is 2.13. The number of benzene rings is 1. The third kappa shape index (κ3) is 3.34. The number of carbonyl (C=O) groups excluding carboxylic acids is 1. The highest BCUT2D eigenvalue weighted by Gasteiger charge is 2.10. The average Bonchev–Trinajstić information content (AvgIpc) is 3.14.